The van der Waals surface area contributed by atoms with Crippen LogP contribution in [0.2, 0.25) is 0 Å². The molecule has 8 heteroatoms. The molecule has 0 radical (unpaired) electrons. The van der Waals surface area contributed by atoms with Gasteiger partial charge in [-0.1, -0.05) is 28.1 Å². The Labute approximate surface area is 198 Å². The average molecular weight is 593 g/mol. The summed E-state index contributed by atoms with van der Waals surface area (Å²) in [6.45, 7) is 0.257. The van der Waals surface area contributed by atoms with Crippen LogP contribution < -0.4 is 4.74 Å². The van der Waals surface area contributed by atoms with Crippen molar-refractivity contribution in [1.29, 1.82) is 5.26 Å². The predicted molar refractivity (Wildman–Crippen MR) is 127 cm³/mol. The van der Waals surface area contributed by atoms with Gasteiger partial charge in [-0.3, -0.25) is 10.1 Å². The van der Waals surface area contributed by atoms with Crippen LogP contribution in [-0.4, -0.2) is 4.92 Å². The Hall–Kier alpha value is -2.47. The van der Waals surface area contributed by atoms with Gasteiger partial charge in [0.2, 0.25) is 0 Å². The van der Waals surface area contributed by atoms with Crippen LogP contribution in [0.1, 0.15) is 16.7 Å². The minimum absolute atomic E-state index is 0.0383. The molecule has 150 valence electrons. The summed E-state index contributed by atoms with van der Waals surface area (Å²) in [4.78, 5) is 10.3. The van der Waals surface area contributed by atoms with Gasteiger partial charge in [0.25, 0.3) is 5.69 Å². The number of hydrogen-bond donors (Lipinski definition) is 0. The van der Waals surface area contributed by atoms with E-state index < -0.39 is 4.92 Å². The van der Waals surface area contributed by atoms with Crippen LogP contribution in [0.25, 0.3) is 11.6 Å². The van der Waals surface area contributed by atoms with Crippen LogP contribution in [0.3, 0.4) is 0 Å². The van der Waals surface area contributed by atoms with Crippen molar-refractivity contribution in [3.05, 3.63) is 101 Å². The number of allylic oxidation sites excluding steroid dienone is 1. The van der Waals surface area contributed by atoms with Crippen LogP contribution in [0.15, 0.2) is 74.1 Å². The fourth-order valence-corrected chi connectivity index (χ4v) is 4.36. The highest BCUT2D eigenvalue weighted by molar-refractivity contribution is 9.11. The number of ether oxygens (including phenoxy) is 1. The van der Waals surface area contributed by atoms with E-state index in [0.717, 1.165) is 30.1 Å². The highest BCUT2D eigenvalue weighted by atomic mass is 79.9. The molecule has 0 N–H and O–H groups in total. The third-order valence-electron chi connectivity index (χ3n) is 4.14. The highest BCUT2D eigenvalue weighted by Gasteiger charge is 2.11. The molecule has 30 heavy (non-hydrogen) atoms. The standard InChI is InChI=1S/C22H13Br3N2O3/c23-18-5-3-16(4-6-18)17(12-26)9-15-10-20(24)22(21(25)11-15)30-13-14-1-7-19(8-2-14)27(28)29/h1-11H,13H2/b17-9-. The zero-order chi connectivity index (χ0) is 21.7. The topological polar surface area (TPSA) is 76.2 Å². The van der Waals surface area contributed by atoms with Crippen LogP contribution in [0.5, 0.6) is 5.75 Å². The first-order chi connectivity index (χ1) is 14.4. The SMILES string of the molecule is N#C/C(=C/c1cc(Br)c(OCc2ccc([N+](=O)[O-])cc2)c(Br)c1)c1ccc(Br)cc1. The Balaban J connectivity index is 1.80. The zero-order valence-electron chi connectivity index (χ0n) is 15.3. The van der Waals surface area contributed by atoms with Crippen LogP contribution in [0, 0.1) is 21.4 Å². The van der Waals surface area contributed by atoms with Crippen molar-refractivity contribution in [1.82, 2.24) is 0 Å². The molecule has 0 aromatic heterocycles. The lowest BCUT2D eigenvalue weighted by atomic mass is 10.0. The van der Waals surface area contributed by atoms with E-state index in [2.05, 4.69) is 53.9 Å². The number of nitriles is 1. The van der Waals surface area contributed by atoms with Gasteiger partial charge in [0.15, 0.2) is 0 Å². The summed E-state index contributed by atoms with van der Waals surface area (Å²) in [7, 11) is 0. The van der Waals surface area contributed by atoms with Gasteiger partial charge in [-0.05, 0) is 91.0 Å². The molecule has 0 aliphatic carbocycles. The largest absolute Gasteiger partial charge is 0.487 e. The zero-order valence-corrected chi connectivity index (χ0v) is 20.1. The lowest BCUT2D eigenvalue weighted by molar-refractivity contribution is -0.384. The Morgan fingerprint density at radius 1 is 1.03 bits per heavy atom. The average Bonchev–Trinajstić information content (AvgIpc) is 2.72. The van der Waals surface area contributed by atoms with Crippen molar-refractivity contribution in [3.8, 4) is 11.8 Å². The van der Waals surface area contributed by atoms with Gasteiger partial charge in [0.1, 0.15) is 12.4 Å². The number of rotatable bonds is 6. The molecule has 5 nitrogen and oxygen atoms in total. The van der Waals surface area contributed by atoms with Gasteiger partial charge in [-0.2, -0.15) is 5.26 Å². The summed E-state index contributed by atoms with van der Waals surface area (Å²) in [5.74, 6) is 0.604. The van der Waals surface area contributed by atoms with Crippen LogP contribution in [-0.2, 0) is 6.61 Å². The normalized spacial score (nSPS) is 11.1. The maximum atomic E-state index is 10.8. The predicted octanol–water partition coefficient (Wildman–Crippen LogP) is 7.53. The lowest BCUT2D eigenvalue weighted by Gasteiger charge is -2.12. The molecule has 0 fully saturated rings. The summed E-state index contributed by atoms with van der Waals surface area (Å²) in [6, 6.07) is 19.7. The van der Waals surface area contributed by atoms with E-state index in [1.807, 2.05) is 36.4 Å². The number of nitro groups is 1. The first-order valence-corrected chi connectivity index (χ1v) is 11.0. The summed E-state index contributed by atoms with van der Waals surface area (Å²) in [5.41, 5.74) is 3.05. The molecule has 0 aliphatic heterocycles. The van der Waals surface area contributed by atoms with Gasteiger partial charge in [-0.15, -0.1) is 0 Å². The lowest BCUT2D eigenvalue weighted by Crippen LogP contribution is -1.98. The van der Waals surface area contributed by atoms with E-state index in [9.17, 15) is 15.4 Å². The maximum Gasteiger partial charge on any atom is 0.269 e. The summed E-state index contributed by atoms with van der Waals surface area (Å²) in [6.07, 6.45) is 1.80. The van der Waals surface area contributed by atoms with Crippen molar-refractivity contribution in [2.75, 3.05) is 0 Å². The van der Waals surface area contributed by atoms with Crippen molar-refractivity contribution < 1.29 is 9.66 Å². The second-order valence-corrected chi connectivity index (χ2v) is 8.83. The molecule has 0 aliphatic rings. The quantitative estimate of drug-likeness (QED) is 0.128. The Kier molecular flexibility index (Phi) is 7.43. The van der Waals surface area contributed by atoms with Crippen molar-refractivity contribution in [3.63, 3.8) is 0 Å². The van der Waals surface area contributed by atoms with Crippen molar-refractivity contribution in [2.24, 2.45) is 0 Å². The van der Waals surface area contributed by atoms with Gasteiger partial charge in [-0.25, -0.2) is 0 Å². The molecule has 0 unspecified atom stereocenters. The van der Waals surface area contributed by atoms with Gasteiger partial charge >= 0.3 is 0 Å². The second-order valence-electron chi connectivity index (χ2n) is 6.20. The molecular weight excluding hydrogens is 580 g/mol. The fourth-order valence-electron chi connectivity index (χ4n) is 2.65. The molecule has 0 amide bonds. The number of halogens is 3. The molecule has 0 atom stereocenters. The smallest absolute Gasteiger partial charge is 0.269 e. The third-order valence-corrected chi connectivity index (χ3v) is 5.84. The first kappa shape index (κ1) is 22.2. The van der Waals surface area contributed by atoms with E-state index in [0.29, 0.717) is 11.3 Å². The maximum absolute atomic E-state index is 10.8. The first-order valence-electron chi connectivity index (χ1n) is 8.60. The van der Waals surface area contributed by atoms with Gasteiger partial charge in [0.05, 0.1) is 25.5 Å². The molecule has 3 rings (SSSR count). The van der Waals surface area contributed by atoms with E-state index in [1.165, 1.54) is 12.1 Å². The molecular formula is C22H13Br3N2O3. The third kappa shape index (κ3) is 5.57. The molecule has 0 heterocycles. The number of non-ortho nitro benzene ring substituents is 1. The Bertz CT molecular complexity index is 1130. The van der Waals surface area contributed by atoms with Crippen LogP contribution in [0.4, 0.5) is 5.69 Å². The van der Waals surface area contributed by atoms with Crippen molar-refractivity contribution in [2.45, 2.75) is 6.61 Å². The van der Waals surface area contributed by atoms with Crippen molar-refractivity contribution >= 4 is 65.1 Å². The molecule has 3 aromatic rings. The summed E-state index contributed by atoms with van der Waals surface area (Å²) in [5, 5.41) is 20.3. The minimum Gasteiger partial charge on any atom is -0.487 e. The molecule has 0 saturated heterocycles. The summed E-state index contributed by atoms with van der Waals surface area (Å²) < 4.78 is 8.27. The molecule has 0 bridgehead atoms. The van der Waals surface area contributed by atoms with Crippen LogP contribution >= 0.6 is 47.8 Å². The number of benzene rings is 3. The highest BCUT2D eigenvalue weighted by Crippen LogP contribution is 2.36. The van der Waals surface area contributed by atoms with Gasteiger partial charge in [0, 0.05) is 16.6 Å². The monoisotopic (exact) mass is 590 g/mol. The number of nitrogens with zero attached hydrogens (tertiary/aromatic N) is 2. The molecule has 3 aromatic carbocycles. The van der Waals surface area contributed by atoms with E-state index in [1.54, 1.807) is 18.2 Å². The fraction of sp³-hybridized carbons (Fsp3) is 0.0455. The summed E-state index contributed by atoms with van der Waals surface area (Å²) >= 11 is 10.4. The Morgan fingerprint density at radius 2 is 1.63 bits per heavy atom. The van der Waals surface area contributed by atoms with E-state index >= 15 is 0 Å². The molecule has 0 saturated carbocycles. The molecule has 0 spiro atoms. The van der Waals surface area contributed by atoms with E-state index in [4.69, 9.17) is 4.74 Å². The Morgan fingerprint density at radius 3 is 2.17 bits per heavy atom. The number of nitro benzene ring substituents is 1. The van der Waals surface area contributed by atoms with E-state index in [-0.39, 0.29) is 12.3 Å². The van der Waals surface area contributed by atoms with Gasteiger partial charge < -0.3 is 4.74 Å². The number of hydrogen-bond acceptors (Lipinski definition) is 4. The second kappa shape index (κ2) is 10.0. The minimum atomic E-state index is -0.437.